The average Bonchev–Trinajstić information content (AvgIpc) is 2.61. The number of amides is 3. The van der Waals surface area contributed by atoms with Crippen LogP contribution in [0.2, 0.25) is 0 Å². The van der Waals surface area contributed by atoms with Crippen LogP contribution in [0.5, 0.6) is 0 Å². The fourth-order valence-corrected chi connectivity index (χ4v) is 3.15. The Hall–Kier alpha value is -2.82. The van der Waals surface area contributed by atoms with E-state index in [2.05, 4.69) is 5.32 Å². The largest absolute Gasteiger partial charge is 0.323 e. The van der Waals surface area contributed by atoms with Crippen LogP contribution in [0.25, 0.3) is 0 Å². The molecule has 0 saturated carbocycles. The van der Waals surface area contributed by atoms with Crippen LogP contribution in [0.1, 0.15) is 24.5 Å². The summed E-state index contributed by atoms with van der Waals surface area (Å²) in [5.41, 5.74) is 3.90. The molecule has 0 radical (unpaired) electrons. The first-order chi connectivity index (χ1) is 12.0. The van der Waals surface area contributed by atoms with E-state index in [1.165, 1.54) is 0 Å². The van der Waals surface area contributed by atoms with E-state index in [0.29, 0.717) is 6.54 Å². The van der Waals surface area contributed by atoms with E-state index in [1.54, 1.807) is 23.8 Å². The summed E-state index contributed by atoms with van der Waals surface area (Å²) in [7, 11) is 1.78. The quantitative estimate of drug-likeness (QED) is 0.929. The number of nitrogens with one attached hydrogen (secondary N) is 1. The maximum atomic E-state index is 12.4. The number of fused-ring (bicyclic) bond motifs is 1. The van der Waals surface area contributed by atoms with Gasteiger partial charge in [-0.15, -0.1) is 0 Å². The van der Waals surface area contributed by atoms with Crippen molar-refractivity contribution in [1.82, 2.24) is 4.90 Å². The highest BCUT2D eigenvalue weighted by Gasteiger charge is 2.20. The SMILES string of the molecule is CC(=O)N1CCCc2cc(NC(=O)N(C)Cc3ccccc3)ccc21. The molecule has 0 saturated heterocycles. The zero-order valence-corrected chi connectivity index (χ0v) is 14.7. The third-order valence-electron chi connectivity index (χ3n) is 4.44. The number of hydrogen-bond acceptors (Lipinski definition) is 2. The topological polar surface area (TPSA) is 52.7 Å². The number of anilines is 2. The molecule has 1 aliphatic heterocycles. The Labute approximate surface area is 148 Å². The van der Waals surface area contributed by atoms with Crippen molar-refractivity contribution in [3.8, 4) is 0 Å². The van der Waals surface area contributed by atoms with Crippen LogP contribution in [0.4, 0.5) is 16.2 Å². The van der Waals surface area contributed by atoms with Crippen LogP contribution in [0.15, 0.2) is 48.5 Å². The van der Waals surface area contributed by atoms with Gasteiger partial charge in [-0.25, -0.2) is 4.79 Å². The van der Waals surface area contributed by atoms with E-state index in [4.69, 9.17) is 0 Å². The van der Waals surface area contributed by atoms with Crippen LogP contribution in [0.3, 0.4) is 0 Å². The van der Waals surface area contributed by atoms with Crippen molar-refractivity contribution in [2.75, 3.05) is 23.8 Å². The highest BCUT2D eigenvalue weighted by atomic mass is 16.2. The summed E-state index contributed by atoms with van der Waals surface area (Å²) in [6, 6.07) is 15.5. The molecule has 130 valence electrons. The van der Waals surface area contributed by atoms with Crippen LogP contribution in [-0.2, 0) is 17.8 Å². The van der Waals surface area contributed by atoms with Crippen LogP contribution in [0, 0.1) is 0 Å². The number of rotatable bonds is 3. The van der Waals surface area contributed by atoms with Crippen LogP contribution in [-0.4, -0.2) is 30.4 Å². The molecule has 5 heteroatoms. The third kappa shape index (κ3) is 3.99. The normalized spacial score (nSPS) is 13.1. The Morgan fingerprint density at radius 3 is 2.64 bits per heavy atom. The highest BCUT2D eigenvalue weighted by molar-refractivity contribution is 5.94. The van der Waals surface area contributed by atoms with E-state index in [9.17, 15) is 9.59 Å². The Morgan fingerprint density at radius 1 is 1.16 bits per heavy atom. The van der Waals surface area contributed by atoms with Crippen LogP contribution >= 0.6 is 0 Å². The first-order valence-electron chi connectivity index (χ1n) is 8.51. The van der Waals surface area contributed by atoms with E-state index in [-0.39, 0.29) is 11.9 Å². The van der Waals surface area contributed by atoms with Gasteiger partial charge in [-0.2, -0.15) is 0 Å². The lowest BCUT2D eigenvalue weighted by Gasteiger charge is -2.29. The molecular weight excluding hydrogens is 314 g/mol. The maximum absolute atomic E-state index is 12.4. The summed E-state index contributed by atoms with van der Waals surface area (Å²) in [4.78, 5) is 27.6. The van der Waals surface area contributed by atoms with Crippen molar-refractivity contribution in [2.24, 2.45) is 0 Å². The first-order valence-corrected chi connectivity index (χ1v) is 8.51. The van der Waals surface area contributed by atoms with E-state index in [0.717, 1.165) is 41.9 Å². The molecule has 0 aliphatic carbocycles. The molecule has 1 N–H and O–H groups in total. The molecule has 0 spiro atoms. The van der Waals surface area contributed by atoms with Gasteiger partial charge in [-0.05, 0) is 42.2 Å². The Balaban J connectivity index is 1.68. The predicted octanol–water partition coefficient (Wildman–Crippen LogP) is 3.65. The van der Waals surface area contributed by atoms with Gasteiger partial charge in [0.15, 0.2) is 0 Å². The summed E-state index contributed by atoms with van der Waals surface area (Å²) < 4.78 is 0. The number of carbonyl (C=O) groups is 2. The minimum absolute atomic E-state index is 0.0559. The molecule has 2 aromatic rings. The molecule has 5 nitrogen and oxygen atoms in total. The number of carbonyl (C=O) groups excluding carboxylic acids is 2. The van der Waals surface area contributed by atoms with Gasteiger partial charge < -0.3 is 15.1 Å². The first kappa shape index (κ1) is 17.0. The zero-order valence-electron chi connectivity index (χ0n) is 14.7. The van der Waals surface area contributed by atoms with E-state index >= 15 is 0 Å². The molecule has 0 unspecified atom stereocenters. The molecule has 3 amide bonds. The third-order valence-corrected chi connectivity index (χ3v) is 4.44. The van der Waals surface area contributed by atoms with Gasteiger partial charge in [0.2, 0.25) is 5.91 Å². The second kappa shape index (κ2) is 7.38. The number of aryl methyl sites for hydroxylation is 1. The standard InChI is InChI=1S/C20H23N3O2/c1-15(24)23-12-6-9-17-13-18(10-11-19(17)23)21-20(25)22(2)14-16-7-4-3-5-8-16/h3-5,7-8,10-11,13H,6,9,12,14H2,1-2H3,(H,21,25). The molecule has 2 aromatic carbocycles. The van der Waals surface area contributed by atoms with Gasteiger partial charge >= 0.3 is 6.03 Å². The molecule has 3 rings (SSSR count). The van der Waals surface area contributed by atoms with Crippen molar-refractivity contribution in [3.05, 3.63) is 59.7 Å². The lowest BCUT2D eigenvalue weighted by atomic mass is 10.0. The van der Waals surface area contributed by atoms with Crippen molar-refractivity contribution in [2.45, 2.75) is 26.3 Å². The second-order valence-corrected chi connectivity index (χ2v) is 6.39. The second-order valence-electron chi connectivity index (χ2n) is 6.39. The van der Waals surface area contributed by atoms with Gasteiger partial charge in [-0.1, -0.05) is 30.3 Å². The fraction of sp³-hybridized carbons (Fsp3) is 0.300. The molecule has 1 aliphatic rings. The predicted molar refractivity (Wildman–Crippen MR) is 99.7 cm³/mol. The number of urea groups is 1. The molecule has 0 fully saturated rings. The lowest BCUT2D eigenvalue weighted by molar-refractivity contribution is -0.116. The molecule has 0 aromatic heterocycles. The Bertz CT molecular complexity index is 774. The number of benzene rings is 2. The summed E-state index contributed by atoms with van der Waals surface area (Å²) in [5, 5.41) is 2.94. The zero-order chi connectivity index (χ0) is 17.8. The van der Waals surface area contributed by atoms with Crippen molar-refractivity contribution >= 4 is 23.3 Å². The summed E-state index contributed by atoms with van der Waals surface area (Å²) in [6.07, 6.45) is 1.86. The monoisotopic (exact) mass is 337 g/mol. The van der Waals surface area contributed by atoms with Gasteiger partial charge in [0.1, 0.15) is 0 Å². The van der Waals surface area contributed by atoms with Gasteiger partial charge in [0.05, 0.1) is 0 Å². The Kier molecular flexibility index (Phi) is 5.03. The smallest absolute Gasteiger partial charge is 0.321 e. The Morgan fingerprint density at radius 2 is 1.92 bits per heavy atom. The van der Waals surface area contributed by atoms with E-state index < -0.39 is 0 Å². The molecule has 25 heavy (non-hydrogen) atoms. The summed E-state index contributed by atoms with van der Waals surface area (Å²) in [6.45, 7) is 2.90. The van der Waals surface area contributed by atoms with Gasteiger partial charge in [-0.3, -0.25) is 4.79 Å². The maximum Gasteiger partial charge on any atom is 0.321 e. The number of hydrogen-bond donors (Lipinski definition) is 1. The molecule has 1 heterocycles. The molecule has 0 atom stereocenters. The summed E-state index contributed by atoms with van der Waals surface area (Å²) in [5.74, 6) is 0.0559. The lowest BCUT2D eigenvalue weighted by Crippen LogP contribution is -2.34. The average molecular weight is 337 g/mol. The van der Waals surface area contributed by atoms with Crippen LogP contribution < -0.4 is 10.2 Å². The summed E-state index contributed by atoms with van der Waals surface area (Å²) >= 11 is 0. The highest BCUT2D eigenvalue weighted by Crippen LogP contribution is 2.29. The van der Waals surface area contributed by atoms with E-state index in [1.807, 2.05) is 48.5 Å². The number of nitrogens with zero attached hydrogens (tertiary/aromatic N) is 2. The van der Waals surface area contributed by atoms with Gasteiger partial charge in [0, 0.05) is 38.4 Å². The molecule has 0 bridgehead atoms. The minimum Gasteiger partial charge on any atom is -0.323 e. The molecular formula is C20H23N3O2. The van der Waals surface area contributed by atoms with Gasteiger partial charge in [0.25, 0.3) is 0 Å². The van der Waals surface area contributed by atoms with Crippen molar-refractivity contribution in [3.63, 3.8) is 0 Å². The fourth-order valence-electron chi connectivity index (χ4n) is 3.15. The van der Waals surface area contributed by atoms with Crippen molar-refractivity contribution < 1.29 is 9.59 Å². The minimum atomic E-state index is -0.150. The van der Waals surface area contributed by atoms with Crippen molar-refractivity contribution in [1.29, 1.82) is 0 Å².